The number of hydrogen-bond acceptors (Lipinski definition) is 2. The van der Waals surface area contributed by atoms with E-state index in [1.165, 1.54) is 5.56 Å². The molecule has 1 amide bonds. The van der Waals surface area contributed by atoms with Gasteiger partial charge in [0, 0.05) is 0 Å². The number of rotatable bonds is 3. The summed E-state index contributed by atoms with van der Waals surface area (Å²) >= 11 is 0. The molecule has 2 unspecified atom stereocenters. The standard InChI is InChI=1S/C12H18N2O.ClH/c1-8-4-6-11(7-5-8)10(3)14-12(15)9(2)13;/h4-7,9-10H,13H2,1-3H3,(H,14,15);1H. The van der Waals surface area contributed by atoms with E-state index < -0.39 is 6.04 Å². The Morgan fingerprint density at radius 3 is 2.19 bits per heavy atom. The predicted molar refractivity (Wildman–Crippen MR) is 68.6 cm³/mol. The maximum absolute atomic E-state index is 11.4. The van der Waals surface area contributed by atoms with Crippen LogP contribution < -0.4 is 11.1 Å². The summed E-state index contributed by atoms with van der Waals surface area (Å²) in [6.45, 7) is 5.66. The second-order valence-electron chi connectivity index (χ2n) is 3.93. The Morgan fingerprint density at radius 1 is 1.25 bits per heavy atom. The van der Waals surface area contributed by atoms with E-state index in [9.17, 15) is 4.79 Å². The molecule has 0 aliphatic heterocycles. The lowest BCUT2D eigenvalue weighted by atomic mass is 10.1. The Hall–Kier alpha value is -1.06. The van der Waals surface area contributed by atoms with Crippen molar-refractivity contribution in [3.8, 4) is 0 Å². The van der Waals surface area contributed by atoms with Crippen LogP contribution in [-0.2, 0) is 4.79 Å². The molecular formula is C12H19ClN2O. The van der Waals surface area contributed by atoms with Crippen molar-refractivity contribution in [3.63, 3.8) is 0 Å². The molecule has 4 heteroatoms. The normalized spacial score (nSPS) is 13.5. The Labute approximate surface area is 103 Å². The molecule has 1 aromatic carbocycles. The molecule has 0 bridgehead atoms. The lowest BCUT2D eigenvalue weighted by molar-refractivity contribution is -0.122. The fraction of sp³-hybridized carbons (Fsp3) is 0.417. The Bertz CT molecular complexity index is 335. The minimum absolute atomic E-state index is 0. The Morgan fingerprint density at radius 2 is 1.75 bits per heavy atom. The van der Waals surface area contributed by atoms with Crippen molar-refractivity contribution in [2.24, 2.45) is 5.73 Å². The highest BCUT2D eigenvalue weighted by Gasteiger charge is 2.11. The first kappa shape index (κ1) is 14.9. The topological polar surface area (TPSA) is 55.1 Å². The number of carbonyl (C=O) groups excluding carboxylic acids is 1. The van der Waals surface area contributed by atoms with Gasteiger partial charge in [-0.1, -0.05) is 29.8 Å². The average molecular weight is 243 g/mol. The van der Waals surface area contributed by atoms with Crippen LogP contribution >= 0.6 is 12.4 Å². The van der Waals surface area contributed by atoms with Crippen molar-refractivity contribution in [2.75, 3.05) is 0 Å². The first-order valence-corrected chi connectivity index (χ1v) is 5.13. The molecule has 2 atom stereocenters. The third-order valence-corrected chi connectivity index (χ3v) is 2.35. The van der Waals surface area contributed by atoms with Crippen LogP contribution in [-0.4, -0.2) is 11.9 Å². The van der Waals surface area contributed by atoms with E-state index in [1.807, 2.05) is 38.1 Å². The molecular weight excluding hydrogens is 224 g/mol. The summed E-state index contributed by atoms with van der Waals surface area (Å²) in [5.41, 5.74) is 7.78. The van der Waals surface area contributed by atoms with Gasteiger partial charge in [-0.25, -0.2) is 0 Å². The first-order valence-electron chi connectivity index (χ1n) is 5.13. The van der Waals surface area contributed by atoms with E-state index in [-0.39, 0.29) is 24.4 Å². The van der Waals surface area contributed by atoms with Gasteiger partial charge in [0.2, 0.25) is 5.91 Å². The van der Waals surface area contributed by atoms with Gasteiger partial charge >= 0.3 is 0 Å². The first-order chi connectivity index (χ1) is 7.00. The molecule has 3 nitrogen and oxygen atoms in total. The molecule has 0 spiro atoms. The Kier molecular flexibility index (Phi) is 6.08. The number of amides is 1. The molecule has 1 rings (SSSR count). The maximum Gasteiger partial charge on any atom is 0.237 e. The van der Waals surface area contributed by atoms with Crippen LogP contribution in [0.25, 0.3) is 0 Å². The summed E-state index contributed by atoms with van der Waals surface area (Å²) in [5.74, 6) is -0.122. The lowest BCUT2D eigenvalue weighted by Crippen LogP contribution is -2.39. The SMILES string of the molecule is Cc1ccc(C(C)NC(=O)C(C)N)cc1.Cl. The van der Waals surface area contributed by atoms with Crippen molar-refractivity contribution in [2.45, 2.75) is 32.9 Å². The molecule has 0 aliphatic carbocycles. The highest BCUT2D eigenvalue weighted by Crippen LogP contribution is 2.12. The minimum Gasteiger partial charge on any atom is -0.348 e. The third-order valence-electron chi connectivity index (χ3n) is 2.35. The second kappa shape index (κ2) is 6.51. The van der Waals surface area contributed by atoms with Crippen molar-refractivity contribution in [3.05, 3.63) is 35.4 Å². The van der Waals surface area contributed by atoms with Gasteiger partial charge in [0.1, 0.15) is 0 Å². The molecule has 0 radical (unpaired) electrons. The van der Waals surface area contributed by atoms with Crippen molar-refractivity contribution in [1.82, 2.24) is 5.32 Å². The molecule has 16 heavy (non-hydrogen) atoms. The quantitative estimate of drug-likeness (QED) is 0.851. The number of nitrogens with one attached hydrogen (secondary N) is 1. The second-order valence-corrected chi connectivity index (χ2v) is 3.93. The molecule has 3 N–H and O–H groups in total. The summed E-state index contributed by atoms with van der Waals surface area (Å²) in [6, 6.07) is 7.64. The van der Waals surface area contributed by atoms with Gasteiger partial charge in [-0.05, 0) is 26.3 Å². The van der Waals surface area contributed by atoms with Crippen LogP contribution in [0.5, 0.6) is 0 Å². The molecule has 0 aromatic heterocycles. The maximum atomic E-state index is 11.4. The van der Waals surface area contributed by atoms with Gasteiger partial charge in [-0.2, -0.15) is 0 Å². The summed E-state index contributed by atoms with van der Waals surface area (Å²) < 4.78 is 0. The van der Waals surface area contributed by atoms with Gasteiger partial charge in [0.15, 0.2) is 0 Å². The number of benzene rings is 1. The van der Waals surface area contributed by atoms with Crippen LogP contribution in [0.4, 0.5) is 0 Å². The van der Waals surface area contributed by atoms with Crippen LogP contribution in [0, 0.1) is 6.92 Å². The van der Waals surface area contributed by atoms with E-state index >= 15 is 0 Å². The molecule has 0 saturated heterocycles. The number of aryl methyl sites for hydroxylation is 1. The van der Waals surface area contributed by atoms with Crippen LogP contribution in [0.2, 0.25) is 0 Å². The highest BCUT2D eigenvalue weighted by atomic mass is 35.5. The monoisotopic (exact) mass is 242 g/mol. The van der Waals surface area contributed by atoms with Crippen LogP contribution in [0.1, 0.15) is 31.0 Å². The van der Waals surface area contributed by atoms with Gasteiger partial charge in [0.05, 0.1) is 12.1 Å². The van der Waals surface area contributed by atoms with Crippen molar-refractivity contribution >= 4 is 18.3 Å². The van der Waals surface area contributed by atoms with Crippen molar-refractivity contribution in [1.29, 1.82) is 0 Å². The predicted octanol–water partition coefficient (Wildman–Crippen LogP) is 1.94. The molecule has 1 aromatic rings. The molecule has 0 fully saturated rings. The minimum atomic E-state index is -0.460. The van der Waals surface area contributed by atoms with E-state index in [4.69, 9.17) is 5.73 Å². The fourth-order valence-corrected chi connectivity index (χ4v) is 1.28. The highest BCUT2D eigenvalue weighted by molar-refractivity contribution is 5.85. The average Bonchev–Trinajstić information content (AvgIpc) is 2.18. The third kappa shape index (κ3) is 4.21. The van der Waals surface area contributed by atoms with E-state index in [0.29, 0.717) is 0 Å². The zero-order valence-electron chi connectivity index (χ0n) is 9.86. The lowest BCUT2D eigenvalue weighted by Gasteiger charge is -2.16. The number of nitrogens with two attached hydrogens (primary N) is 1. The summed E-state index contributed by atoms with van der Waals surface area (Å²) in [6.07, 6.45) is 0. The van der Waals surface area contributed by atoms with Gasteiger partial charge in [-0.15, -0.1) is 12.4 Å². The largest absolute Gasteiger partial charge is 0.348 e. The van der Waals surface area contributed by atoms with E-state index in [0.717, 1.165) is 5.56 Å². The zero-order chi connectivity index (χ0) is 11.4. The number of hydrogen-bond donors (Lipinski definition) is 2. The number of carbonyl (C=O) groups is 1. The summed E-state index contributed by atoms with van der Waals surface area (Å²) in [4.78, 5) is 11.4. The van der Waals surface area contributed by atoms with Gasteiger partial charge in [-0.3, -0.25) is 4.79 Å². The van der Waals surface area contributed by atoms with E-state index in [2.05, 4.69) is 5.32 Å². The van der Waals surface area contributed by atoms with Crippen molar-refractivity contribution < 1.29 is 4.79 Å². The molecule has 0 aliphatic rings. The van der Waals surface area contributed by atoms with Gasteiger partial charge < -0.3 is 11.1 Å². The smallest absolute Gasteiger partial charge is 0.237 e. The molecule has 90 valence electrons. The Balaban J connectivity index is 0.00000225. The van der Waals surface area contributed by atoms with Crippen LogP contribution in [0.15, 0.2) is 24.3 Å². The fourth-order valence-electron chi connectivity index (χ4n) is 1.28. The van der Waals surface area contributed by atoms with Gasteiger partial charge in [0.25, 0.3) is 0 Å². The summed E-state index contributed by atoms with van der Waals surface area (Å²) in [5, 5.41) is 2.85. The number of halogens is 1. The van der Waals surface area contributed by atoms with E-state index in [1.54, 1.807) is 6.92 Å². The summed E-state index contributed by atoms with van der Waals surface area (Å²) in [7, 11) is 0. The molecule has 0 saturated carbocycles. The zero-order valence-corrected chi connectivity index (χ0v) is 10.7. The van der Waals surface area contributed by atoms with Crippen LogP contribution in [0.3, 0.4) is 0 Å². The molecule has 0 heterocycles.